The van der Waals surface area contributed by atoms with Crippen LogP contribution in [0.25, 0.3) is 0 Å². The highest BCUT2D eigenvalue weighted by atomic mass is 19.1. The average Bonchev–Trinajstić information content (AvgIpc) is 3.12. The number of hydrogen-bond donors (Lipinski definition) is 1. The molecule has 0 aromatic heterocycles. The van der Waals surface area contributed by atoms with E-state index in [0.717, 1.165) is 12.8 Å². The van der Waals surface area contributed by atoms with Gasteiger partial charge in [-0.25, -0.2) is 4.39 Å². The van der Waals surface area contributed by atoms with Gasteiger partial charge in [-0.15, -0.1) is 0 Å². The molecule has 4 aliphatic carbocycles. The van der Waals surface area contributed by atoms with Gasteiger partial charge in [0, 0.05) is 35.5 Å². The van der Waals surface area contributed by atoms with E-state index in [9.17, 15) is 24.3 Å². The van der Waals surface area contributed by atoms with E-state index in [4.69, 9.17) is 9.47 Å². The van der Waals surface area contributed by atoms with Crippen molar-refractivity contribution in [1.29, 1.82) is 0 Å². The number of ether oxygens (including phenoxy) is 2. The summed E-state index contributed by atoms with van der Waals surface area (Å²) in [5.74, 6) is -3.17. The van der Waals surface area contributed by atoms with Gasteiger partial charge in [0.1, 0.15) is 0 Å². The molecule has 7 nitrogen and oxygen atoms in total. The van der Waals surface area contributed by atoms with Gasteiger partial charge in [0.05, 0.1) is 6.10 Å². The molecule has 8 atom stereocenters. The zero-order valence-electron chi connectivity index (χ0n) is 24.6. The first kappa shape index (κ1) is 30.6. The molecule has 8 heteroatoms. The summed E-state index contributed by atoms with van der Waals surface area (Å²) in [6.07, 6.45) is 7.38. The lowest BCUT2D eigenvalue weighted by atomic mass is 9.44. The molecule has 0 heterocycles. The van der Waals surface area contributed by atoms with Crippen LogP contribution in [-0.2, 0) is 28.7 Å². The highest BCUT2D eigenvalue weighted by Crippen LogP contribution is 2.71. The predicted octanol–water partition coefficient (Wildman–Crippen LogP) is 5.38. The van der Waals surface area contributed by atoms with Gasteiger partial charge in [-0.05, 0) is 63.5 Å². The summed E-state index contributed by atoms with van der Waals surface area (Å²) < 4.78 is 29.1. The minimum absolute atomic E-state index is 0.101. The molecule has 4 rings (SSSR count). The molecule has 0 radical (unpaired) electrons. The van der Waals surface area contributed by atoms with Gasteiger partial charge in [0.25, 0.3) is 0 Å². The van der Waals surface area contributed by atoms with E-state index < -0.39 is 64.4 Å². The third-order valence-electron chi connectivity index (χ3n) is 10.7. The number of carbonyl (C=O) groups is 4. The monoisotopic (exact) mass is 560 g/mol. The van der Waals surface area contributed by atoms with Crippen LogP contribution >= 0.6 is 0 Å². The van der Waals surface area contributed by atoms with Gasteiger partial charge >= 0.3 is 11.9 Å². The Hall–Kier alpha value is -2.35. The Morgan fingerprint density at radius 1 is 1.07 bits per heavy atom. The molecule has 3 saturated carbocycles. The van der Waals surface area contributed by atoms with Crippen LogP contribution in [0.4, 0.5) is 4.39 Å². The number of Topliss-reactive ketones (excluding diaryl/α,β-unsaturated/α-hetero) is 1. The molecule has 40 heavy (non-hydrogen) atoms. The largest absolute Gasteiger partial charge is 0.457 e. The third kappa shape index (κ3) is 4.49. The van der Waals surface area contributed by atoms with E-state index in [0.29, 0.717) is 37.7 Å². The fourth-order valence-electron chi connectivity index (χ4n) is 8.60. The number of aliphatic hydroxyl groups is 1. The number of ketones is 2. The van der Waals surface area contributed by atoms with Crippen LogP contribution in [0.5, 0.6) is 0 Å². The zero-order chi connectivity index (χ0) is 29.5. The highest BCUT2D eigenvalue weighted by molar-refractivity contribution is 6.01. The minimum Gasteiger partial charge on any atom is -0.457 e. The second-order valence-corrected chi connectivity index (χ2v) is 12.9. The Morgan fingerprint density at radius 2 is 1.73 bits per heavy atom. The number of hydrogen-bond acceptors (Lipinski definition) is 7. The molecule has 0 aliphatic heterocycles. The number of esters is 2. The van der Waals surface area contributed by atoms with Gasteiger partial charge in [-0.3, -0.25) is 19.2 Å². The van der Waals surface area contributed by atoms with Gasteiger partial charge in [0.15, 0.2) is 23.7 Å². The predicted molar refractivity (Wildman–Crippen MR) is 147 cm³/mol. The van der Waals surface area contributed by atoms with Crippen molar-refractivity contribution >= 4 is 23.5 Å². The van der Waals surface area contributed by atoms with E-state index in [2.05, 4.69) is 0 Å². The first-order valence-electron chi connectivity index (χ1n) is 15.0. The molecule has 0 aromatic rings. The molecule has 0 saturated heterocycles. The van der Waals surface area contributed by atoms with Crippen molar-refractivity contribution in [3.05, 3.63) is 23.8 Å². The van der Waals surface area contributed by atoms with Crippen molar-refractivity contribution in [2.24, 2.45) is 28.6 Å². The number of allylic oxidation sites excluding steroid dienone is 4. The lowest BCUT2D eigenvalue weighted by molar-refractivity contribution is -0.228. The number of alkyl halides is 1. The smallest absolute Gasteiger partial charge is 0.306 e. The van der Waals surface area contributed by atoms with E-state index >= 15 is 4.39 Å². The molecule has 0 spiro atoms. The Bertz CT molecular complexity index is 1110. The number of unbranched alkanes of at least 4 members (excludes halogenated alkanes) is 2. The maximum atomic E-state index is 17.5. The van der Waals surface area contributed by atoms with Gasteiger partial charge < -0.3 is 14.6 Å². The SMILES string of the molecule is CCCCC(=O)OCC(=O)[C@@]1(OC(=O)CCCC)[C@H](C)C[C@H]2[C@@H]3CCC4=CC(=O)C=C[C@]4(C)[C@@]3(F)[C@@H](O)C[C@@]21C. The normalized spacial score (nSPS) is 40.0. The topological polar surface area (TPSA) is 107 Å². The molecular formula is C32H45FO7. The first-order chi connectivity index (χ1) is 18.8. The van der Waals surface area contributed by atoms with Crippen molar-refractivity contribution in [3.63, 3.8) is 0 Å². The molecular weight excluding hydrogens is 515 g/mol. The molecule has 0 unspecified atom stereocenters. The summed E-state index contributed by atoms with van der Waals surface area (Å²) in [5.41, 5.74) is -5.27. The number of carbonyl (C=O) groups excluding carboxylic acids is 4. The molecule has 222 valence electrons. The fraction of sp³-hybridized carbons (Fsp3) is 0.750. The van der Waals surface area contributed by atoms with Crippen molar-refractivity contribution in [2.45, 2.75) is 116 Å². The molecule has 4 aliphatic rings. The van der Waals surface area contributed by atoms with E-state index in [1.165, 1.54) is 12.2 Å². The Labute approximate surface area is 236 Å². The number of rotatable bonds is 10. The zero-order valence-corrected chi connectivity index (χ0v) is 24.6. The molecule has 0 amide bonds. The van der Waals surface area contributed by atoms with Crippen LogP contribution in [0.2, 0.25) is 0 Å². The molecule has 3 fully saturated rings. The summed E-state index contributed by atoms with van der Waals surface area (Å²) in [5, 5.41) is 11.7. The van der Waals surface area contributed by atoms with E-state index in [1.807, 2.05) is 27.7 Å². The number of aliphatic hydroxyl groups excluding tert-OH is 1. The van der Waals surface area contributed by atoms with Gasteiger partial charge in [-0.1, -0.05) is 52.2 Å². The summed E-state index contributed by atoms with van der Waals surface area (Å²) >= 11 is 0. The quantitative estimate of drug-likeness (QED) is 0.358. The standard InChI is InChI=1S/C32H45FO7/c1-6-8-10-27(37)39-19-26(36)32(40-28(38)11-9-7-2)20(3)16-24-23-13-12-21-17-22(34)14-15-29(21,4)31(23,33)25(35)18-30(24,32)5/h14-15,17,20,23-25,35H,6-13,16,18-19H2,1-5H3/t20-,23+,24+,25+,29+,30+,31+,32+/m1/s1. The van der Waals surface area contributed by atoms with Crippen LogP contribution in [0.15, 0.2) is 23.8 Å². The molecule has 1 N–H and O–H groups in total. The van der Waals surface area contributed by atoms with Crippen LogP contribution in [0.1, 0.15) is 98.8 Å². The molecule has 0 aromatic carbocycles. The van der Waals surface area contributed by atoms with Crippen molar-refractivity contribution in [1.82, 2.24) is 0 Å². The summed E-state index contributed by atoms with van der Waals surface area (Å²) in [6, 6.07) is 0. The van der Waals surface area contributed by atoms with Crippen molar-refractivity contribution in [2.75, 3.05) is 6.61 Å². The summed E-state index contributed by atoms with van der Waals surface area (Å²) in [7, 11) is 0. The Kier molecular flexibility index (Phi) is 8.53. The van der Waals surface area contributed by atoms with Crippen LogP contribution in [-0.4, -0.2) is 52.6 Å². The summed E-state index contributed by atoms with van der Waals surface area (Å²) in [4.78, 5) is 51.7. The van der Waals surface area contributed by atoms with Crippen molar-refractivity contribution in [3.8, 4) is 0 Å². The lowest BCUT2D eigenvalue weighted by Crippen LogP contribution is -2.70. The number of halogens is 1. The number of fused-ring (bicyclic) bond motifs is 5. The highest BCUT2D eigenvalue weighted by Gasteiger charge is 2.77. The maximum Gasteiger partial charge on any atom is 0.306 e. The second kappa shape index (κ2) is 11.1. The van der Waals surface area contributed by atoms with E-state index in [1.54, 1.807) is 13.0 Å². The minimum atomic E-state index is -2.06. The average molecular weight is 561 g/mol. The third-order valence-corrected chi connectivity index (χ3v) is 10.7. The second-order valence-electron chi connectivity index (χ2n) is 12.9. The van der Waals surface area contributed by atoms with Crippen molar-refractivity contribution < 1.29 is 38.1 Å². The Balaban J connectivity index is 1.74. The van der Waals surface area contributed by atoms with Crippen LogP contribution < -0.4 is 0 Å². The van der Waals surface area contributed by atoms with Crippen LogP contribution in [0, 0.1) is 28.6 Å². The summed E-state index contributed by atoms with van der Waals surface area (Å²) in [6.45, 7) is 8.80. The van der Waals surface area contributed by atoms with Crippen LogP contribution in [0.3, 0.4) is 0 Å². The first-order valence-corrected chi connectivity index (χ1v) is 15.0. The molecule has 0 bridgehead atoms. The fourth-order valence-corrected chi connectivity index (χ4v) is 8.60. The Morgan fingerprint density at radius 3 is 2.38 bits per heavy atom. The van der Waals surface area contributed by atoms with E-state index in [-0.39, 0.29) is 31.0 Å². The maximum absolute atomic E-state index is 17.5. The van der Waals surface area contributed by atoms with Gasteiger partial charge in [-0.2, -0.15) is 0 Å². The van der Waals surface area contributed by atoms with Gasteiger partial charge in [0.2, 0.25) is 5.78 Å². The lowest BCUT2D eigenvalue weighted by Gasteiger charge is -2.62.